The van der Waals surface area contributed by atoms with Crippen molar-refractivity contribution >= 4 is 53.5 Å². The van der Waals surface area contributed by atoms with Gasteiger partial charge in [-0.2, -0.15) is 5.10 Å². The number of benzene rings is 2. The maximum absolute atomic E-state index is 14.9. The number of tetrazole rings is 1. The molecule has 0 radical (unpaired) electrons. The van der Waals surface area contributed by atoms with Gasteiger partial charge in [-0.25, -0.2) is 13.8 Å². The highest BCUT2D eigenvalue weighted by Gasteiger charge is 2.54. The van der Waals surface area contributed by atoms with Crippen molar-refractivity contribution in [1.82, 2.24) is 45.0 Å². The number of hydrogen-bond donors (Lipinski definition) is 0. The third kappa shape index (κ3) is 9.00. The summed E-state index contributed by atoms with van der Waals surface area (Å²) >= 11 is 3.36. The first-order chi connectivity index (χ1) is 27.0. The lowest BCUT2D eigenvalue weighted by Gasteiger charge is -2.37. The second-order valence-corrected chi connectivity index (χ2v) is 23.0. The van der Waals surface area contributed by atoms with Crippen LogP contribution in [0.5, 0.6) is 0 Å². The molecule has 0 N–H and O–H groups in total. The number of fused-ring (bicyclic) bond motifs is 2. The fourth-order valence-electron chi connectivity index (χ4n) is 6.21. The van der Waals surface area contributed by atoms with Crippen LogP contribution in [0.3, 0.4) is 0 Å². The molecule has 3 aromatic heterocycles. The van der Waals surface area contributed by atoms with Crippen molar-refractivity contribution in [2.24, 2.45) is 0 Å². The highest BCUT2D eigenvalue weighted by atomic mass is 79.9. The van der Waals surface area contributed by atoms with Crippen LogP contribution >= 0.6 is 23.5 Å². The first-order valence-corrected chi connectivity index (χ1v) is 23.9. The van der Waals surface area contributed by atoms with E-state index in [0.29, 0.717) is 51.9 Å². The summed E-state index contributed by atoms with van der Waals surface area (Å²) in [7, 11) is -8.63. The molecule has 294 valence electrons. The minimum absolute atomic E-state index is 0.0247. The fourth-order valence-corrected chi connectivity index (χ4v) is 9.39. The predicted octanol–water partition coefficient (Wildman–Crippen LogP) is 7.04. The van der Waals surface area contributed by atoms with Crippen molar-refractivity contribution in [1.29, 1.82) is 0 Å². The maximum atomic E-state index is 14.9. The number of rotatable bonds is 19. The molecule has 5 aromatic rings. The standard InChI is InChI=1S/C34H48BrFN9O7PSi/c1-7-51-53(46,52-8-2)34(22-47-3,20-31-37-41-43(40-31)23-48-15-16-54(4,5)6)50-21-28-26-13-12-25(19-29(26)45(39-28)32-11-9-10-14-49-32)44-30-18-24(35)17-27(36)33(30)38-42-44/h12-13,17-19,32H,7-11,14-16,20-23H2,1-6H3/i3D3. The van der Waals surface area contributed by atoms with Gasteiger partial charge < -0.3 is 28.0 Å². The zero-order chi connectivity index (χ0) is 41.0. The Bertz CT molecular complexity index is 2190. The van der Waals surface area contributed by atoms with Crippen molar-refractivity contribution < 1.29 is 41.1 Å². The van der Waals surface area contributed by atoms with Crippen LogP contribution < -0.4 is 0 Å². The molecule has 1 aliphatic heterocycles. The lowest BCUT2D eigenvalue weighted by atomic mass is 10.1. The molecule has 1 saturated heterocycles. The van der Waals surface area contributed by atoms with E-state index in [0.717, 1.165) is 18.9 Å². The summed E-state index contributed by atoms with van der Waals surface area (Å²) in [6.07, 6.45) is 1.72. The normalized spacial score (nSPS) is 17.8. The van der Waals surface area contributed by atoms with Crippen LogP contribution in [0.25, 0.3) is 27.6 Å². The number of nitrogens with zero attached hydrogens (tertiary/aromatic N) is 9. The van der Waals surface area contributed by atoms with Gasteiger partial charge in [0.15, 0.2) is 29.9 Å². The van der Waals surface area contributed by atoms with Crippen LogP contribution in [0.1, 0.15) is 55.0 Å². The van der Waals surface area contributed by atoms with Gasteiger partial charge in [-0.15, -0.1) is 20.1 Å². The van der Waals surface area contributed by atoms with Crippen molar-refractivity contribution in [3.05, 3.63) is 52.1 Å². The van der Waals surface area contributed by atoms with E-state index in [1.54, 1.807) is 30.7 Å². The van der Waals surface area contributed by atoms with Crippen LogP contribution in [-0.2, 0) is 52.3 Å². The third-order valence-corrected chi connectivity index (χ3v) is 13.7. The SMILES string of the molecule is [2H]C([2H])([2H])OCC(Cc1nnn(COCC[Si](C)(C)C)n1)(OCc1nn(C2CCCCO2)c2cc(-n3nnc4c(F)cc(Br)cc43)ccc12)P(=O)(OCC)OCC. The molecule has 6 rings (SSSR count). The summed E-state index contributed by atoms with van der Waals surface area (Å²) in [5.41, 5.74) is 2.22. The van der Waals surface area contributed by atoms with E-state index in [1.165, 1.54) is 15.5 Å². The Morgan fingerprint density at radius 2 is 1.91 bits per heavy atom. The quantitative estimate of drug-likeness (QED) is 0.0473. The summed E-state index contributed by atoms with van der Waals surface area (Å²) in [5.74, 6) is -0.450. The van der Waals surface area contributed by atoms with E-state index in [2.05, 4.69) is 61.3 Å². The molecule has 0 saturated carbocycles. The Hall–Kier alpha value is -3.00. The van der Waals surface area contributed by atoms with Crippen molar-refractivity contribution in [2.75, 3.05) is 40.1 Å². The summed E-state index contributed by atoms with van der Waals surface area (Å²) in [6.45, 7) is 9.93. The molecule has 0 bridgehead atoms. The van der Waals surface area contributed by atoms with Gasteiger partial charge in [0.05, 0.1) is 59.4 Å². The van der Waals surface area contributed by atoms with Crippen molar-refractivity contribution in [3.8, 4) is 5.69 Å². The smallest absolute Gasteiger partial charge is 0.365 e. The molecule has 4 heterocycles. The molecule has 2 unspecified atom stereocenters. The fraction of sp³-hybridized carbons (Fsp3) is 0.588. The topological polar surface area (TPSA) is 165 Å². The largest absolute Gasteiger partial charge is 0.381 e. The molecule has 0 spiro atoms. The minimum Gasteiger partial charge on any atom is -0.381 e. The van der Waals surface area contributed by atoms with Crippen LogP contribution in [-0.4, -0.2) is 98.5 Å². The molecule has 16 nitrogen and oxygen atoms in total. The van der Waals surface area contributed by atoms with Gasteiger partial charge in [-0.3, -0.25) is 4.57 Å². The molecule has 20 heteroatoms. The number of halogens is 2. The van der Waals surface area contributed by atoms with Crippen molar-refractivity contribution in [3.63, 3.8) is 0 Å². The highest BCUT2D eigenvalue weighted by Crippen LogP contribution is 2.62. The number of ether oxygens (including phenoxy) is 4. The summed E-state index contributed by atoms with van der Waals surface area (Å²) in [5, 5.41) is 24.5. The van der Waals surface area contributed by atoms with E-state index in [-0.39, 0.29) is 44.3 Å². The van der Waals surface area contributed by atoms with Crippen LogP contribution in [0.15, 0.2) is 34.8 Å². The highest BCUT2D eigenvalue weighted by molar-refractivity contribution is 9.10. The number of aromatic nitrogens is 9. The lowest BCUT2D eigenvalue weighted by molar-refractivity contribution is -0.0655. The Balaban J connectivity index is 1.40. The van der Waals surface area contributed by atoms with E-state index in [9.17, 15) is 8.96 Å². The maximum Gasteiger partial charge on any atom is 0.365 e. The molecular formula is C34H48BrFN9O7PSi. The third-order valence-electron chi connectivity index (χ3n) is 8.92. The van der Waals surface area contributed by atoms with E-state index in [4.69, 9.17) is 37.2 Å². The molecule has 1 aliphatic rings. The second kappa shape index (κ2) is 17.4. The molecule has 0 amide bonds. The molecule has 0 aliphatic carbocycles. The molecule has 1 fully saturated rings. The Morgan fingerprint density at radius 1 is 1.09 bits per heavy atom. The summed E-state index contributed by atoms with van der Waals surface area (Å²) in [6, 6.07) is 9.45. The zero-order valence-corrected chi connectivity index (χ0v) is 34.5. The second-order valence-electron chi connectivity index (χ2n) is 14.1. The minimum atomic E-state index is -4.39. The lowest BCUT2D eigenvalue weighted by Crippen LogP contribution is -2.42. The van der Waals surface area contributed by atoms with Crippen LogP contribution in [0, 0.1) is 5.82 Å². The average molecular weight is 856 g/mol. The van der Waals surface area contributed by atoms with Gasteiger partial charge in [0.25, 0.3) is 0 Å². The predicted molar refractivity (Wildman–Crippen MR) is 205 cm³/mol. The average Bonchev–Trinajstić information content (AvgIpc) is 3.88. The van der Waals surface area contributed by atoms with Gasteiger partial charge in [0.1, 0.15) is 5.52 Å². The number of hydrogen-bond acceptors (Lipinski definition) is 13. The van der Waals surface area contributed by atoms with Gasteiger partial charge in [0.2, 0.25) is 0 Å². The molecule has 54 heavy (non-hydrogen) atoms. The first-order valence-electron chi connectivity index (χ1n) is 19.4. The first kappa shape index (κ1) is 36.6. The van der Waals surface area contributed by atoms with E-state index in [1.807, 2.05) is 12.1 Å². The zero-order valence-electron chi connectivity index (χ0n) is 34.0. The Kier molecular flexibility index (Phi) is 11.8. The van der Waals surface area contributed by atoms with Gasteiger partial charge in [0, 0.05) is 38.2 Å². The Morgan fingerprint density at radius 3 is 2.63 bits per heavy atom. The molecular weight excluding hydrogens is 804 g/mol. The van der Waals surface area contributed by atoms with Crippen LogP contribution in [0.2, 0.25) is 25.7 Å². The molecule has 2 atom stereocenters. The number of methoxy groups -OCH3 is 1. The van der Waals surface area contributed by atoms with E-state index >= 15 is 0 Å². The Labute approximate surface area is 326 Å². The summed E-state index contributed by atoms with van der Waals surface area (Å²) in [4.78, 5) is 1.25. The summed E-state index contributed by atoms with van der Waals surface area (Å²) < 4.78 is 92.7. The monoisotopic (exact) mass is 854 g/mol. The van der Waals surface area contributed by atoms with Crippen molar-refractivity contribution in [2.45, 2.75) is 90.1 Å². The van der Waals surface area contributed by atoms with Crippen LogP contribution in [0.4, 0.5) is 4.39 Å². The van der Waals surface area contributed by atoms with E-state index < -0.39 is 46.7 Å². The van der Waals surface area contributed by atoms with Gasteiger partial charge in [-0.1, -0.05) is 40.8 Å². The van der Waals surface area contributed by atoms with Gasteiger partial charge >= 0.3 is 7.60 Å². The molecule has 2 aromatic carbocycles. The van der Waals surface area contributed by atoms with Gasteiger partial charge in [-0.05, 0) is 74.7 Å².